The number of carbonyl (C=O) groups is 1. The normalized spacial score (nSPS) is 8.20. The number of hydrogen-bond donors (Lipinski definition) is 0. The third-order valence-corrected chi connectivity index (χ3v) is 0.348. The summed E-state index contributed by atoms with van der Waals surface area (Å²) in [6.07, 6.45) is 0. The Bertz CT molecular complexity index is 78.9. The predicted molar refractivity (Wildman–Crippen MR) is 45.7 cm³/mol. The molecule has 0 aliphatic rings. The Morgan fingerprint density at radius 3 is 1.70 bits per heavy atom. The molecule has 61 valence electrons. The summed E-state index contributed by atoms with van der Waals surface area (Å²) in [4.78, 5) is 9.82. The zero-order valence-corrected chi connectivity index (χ0v) is 8.52. The standard InChI is InChI=1S/C4H8O2.C3H9Si/c1-3-6-4(2)5;1-4(2)3/h3H2,1-2H3;1-3H3. The fraction of sp³-hybridized carbons (Fsp3) is 0.857. The van der Waals surface area contributed by atoms with Crippen molar-refractivity contribution in [1.29, 1.82) is 0 Å². The van der Waals surface area contributed by atoms with E-state index in [-0.39, 0.29) is 14.8 Å². The van der Waals surface area contributed by atoms with E-state index in [1.54, 1.807) is 6.92 Å². The Labute approximate surface area is 65.2 Å². The third kappa shape index (κ3) is 47.6. The minimum absolute atomic E-state index is 0.120. The zero-order valence-electron chi connectivity index (χ0n) is 7.52. The van der Waals surface area contributed by atoms with Gasteiger partial charge in [-0.15, -0.1) is 0 Å². The summed E-state index contributed by atoms with van der Waals surface area (Å²) in [5, 5.41) is 0. The van der Waals surface area contributed by atoms with Crippen molar-refractivity contribution in [2.24, 2.45) is 0 Å². The summed E-state index contributed by atoms with van der Waals surface area (Å²) in [6.45, 7) is 10.5. The van der Waals surface area contributed by atoms with Crippen molar-refractivity contribution < 1.29 is 9.53 Å². The van der Waals surface area contributed by atoms with E-state index in [2.05, 4.69) is 24.4 Å². The number of ether oxygens (including phenoxy) is 1. The molecule has 0 saturated carbocycles. The molecule has 2 nitrogen and oxygen atoms in total. The molecule has 0 amide bonds. The Balaban J connectivity index is 0. The first-order valence-corrected chi connectivity index (χ1v) is 6.40. The molecule has 0 saturated heterocycles. The minimum Gasteiger partial charge on any atom is -0.466 e. The fourth-order valence-corrected chi connectivity index (χ4v) is 0.203. The van der Waals surface area contributed by atoms with Crippen molar-refractivity contribution in [3.8, 4) is 0 Å². The Kier molecular flexibility index (Phi) is 10.7. The van der Waals surface area contributed by atoms with Gasteiger partial charge in [-0.3, -0.25) is 4.79 Å². The van der Waals surface area contributed by atoms with Gasteiger partial charge >= 0.3 is 5.97 Å². The zero-order chi connectivity index (χ0) is 8.57. The monoisotopic (exact) mass is 161 g/mol. The highest BCUT2D eigenvalue weighted by Crippen LogP contribution is 1.69. The lowest BCUT2D eigenvalue weighted by Gasteiger charge is -1.89. The number of esters is 1. The number of hydrogen-bond acceptors (Lipinski definition) is 2. The molecule has 0 heterocycles. The molecule has 0 aromatic heterocycles. The largest absolute Gasteiger partial charge is 0.466 e. The van der Waals surface area contributed by atoms with Crippen LogP contribution in [0.2, 0.25) is 19.6 Å². The molecular weight excluding hydrogens is 144 g/mol. The third-order valence-electron chi connectivity index (χ3n) is 0.348. The Hall–Kier alpha value is -0.313. The van der Waals surface area contributed by atoms with Crippen molar-refractivity contribution >= 4 is 14.8 Å². The molecule has 10 heavy (non-hydrogen) atoms. The van der Waals surface area contributed by atoms with Gasteiger partial charge in [-0.05, 0) is 6.92 Å². The molecule has 0 aliphatic carbocycles. The average Bonchev–Trinajstić information content (AvgIpc) is 1.62. The lowest BCUT2D eigenvalue weighted by molar-refractivity contribution is -0.140. The molecule has 3 heteroatoms. The van der Waals surface area contributed by atoms with Crippen LogP contribution in [0.5, 0.6) is 0 Å². The van der Waals surface area contributed by atoms with Gasteiger partial charge in [0.15, 0.2) is 0 Å². The first kappa shape index (κ1) is 12.4. The second kappa shape index (κ2) is 8.69. The summed E-state index contributed by atoms with van der Waals surface area (Å²) in [7, 11) is 0.120. The highest BCUT2D eigenvalue weighted by molar-refractivity contribution is 6.54. The molecule has 0 fully saturated rings. The van der Waals surface area contributed by atoms with E-state index in [1.807, 2.05) is 0 Å². The smallest absolute Gasteiger partial charge is 0.302 e. The van der Waals surface area contributed by atoms with E-state index in [1.165, 1.54) is 6.92 Å². The van der Waals surface area contributed by atoms with Crippen LogP contribution in [0.4, 0.5) is 0 Å². The van der Waals surface area contributed by atoms with Gasteiger partial charge in [-0.25, -0.2) is 0 Å². The minimum atomic E-state index is -0.211. The Morgan fingerprint density at radius 2 is 1.70 bits per heavy atom. The first-order chi connectivity index (χ1) is 4.50. The molecule has 0 aromatic carbocycles. The van der Waals surface area contributed by atoms with Gasteiger partial charge in [-0.1, -0.05) is 19.6 Å². The second-order valence-electron chi connectivity index (χ2n) is 2.42. The summed E-state index contributed by atoms with van der Waals surface area (Å²) in [5.41, 5.74) is 0. The lowest BCUT2D eigenvalue weighted by atomic mass is 10.8. The van der Waals surface area contributed by atoms with Gasteiger partial charge in [0.1, 0.15) is 0 Å². The van der Waals surface area contributed by atoms with Crippen LogP contribution < -0.4 is 0 Å². The molecule has 1 radical (unpaired) electrons. The number of carbonyl (C=O) groups excluding carboxylic acids is 1. The van der Waals surface area contributed by atoms with Crippen molar-refractivity contribution in [2.75, 3.05) is 6.61 Å². The quantitative estimate of drug-likeness (QED) is 0.434. The fourth-order valence-electron chi connectivity index (χ4n) is 0.203. The molecule has 0 N–H and O–H groups in total. The van der Waals surface area contributed by atoms with Crippen molar-refractivity contribution in [1.82, 2.24) is 0 Å². The van der Waals surface area contributed by atoms with E-state index in [4.69, 9.17) is 0 Å². The van der Waals surface area contributed by atoms with E-state index < -0.39 is 0 Å². The topological polar surface area (TPSA) is 26.3 Å². The van der Waals surface area contributed by atoms with E-state index in [9.17, 15) is 4.79 Å². The van der Waals surface area contributed by atoms with Gasteiger partial charge in [0, 0.05) is 15.7 Å². The van der Waals surface area contributed by atoms with Gasteiger partial charge in [0.25, 0.3) is 0 Å². The van der Waals surface area contributed by atoms with Gasteiger partial charge in [0.05, 0.1) is 6.61 Å². The van der Waals surface area contributed by atoms with Gasteiger partial charge in [-0.2, -0.15) is 0 Å². The molecule has 0 unspecified atom stereocenters. The number of rotatable bonds is 1. The maximum Gasteiger partial charge on any atom is 0.302 e. The SMILES string of the molecule is CCOC(C)=O.C[Si](C)C. The maximum atomic E-state index is 9.82. The summed E-state index contributed by atoms with van der Waals surface area (Å²) >= 11 is 0. The van der Waals surface area contributed by atoms with Crippen LogP contribution >= 0.6 is 0 Å². The molecular formula is C7H17O2Si. The van der Waals surface area contributed by atoms with E-state index in [0.717, 1.165) is 0 Å². The van der Waals surface area contributed by atoms with E-state index in [0.29, 0.717) is 6.61 Å². The van der Waals surface area contributed by atoms with Crippen LogP contribution in [0.1, 0.15) is 13.8 Å². The average molecular weight is 161 g/mol. The highest BCUT2D eigenvalue weighted by atomic mass is 28.3. The molecule has 0 bridgehead atoms. The van der Waals surface area contributed by atoms with Crippen molar-refractivity contribution in [3.05, 3.63) is 0 Å². The summed E-state index contributed by atoms with van der Waals surface area (Å²) in [6, 6.07) is 0. The van der Waals surface area contributed by atoms with Crippen LogP contribution in [0, 0.1) is 0 Å². The van der Waals surface area contributed by atoms with Crippen molar-refractivity contribution in [3.63, 3.8) is 0 Å². The highest BCUT2D eigenvalue weighted by Gasteiger charge is 1.81. The first-order valence-electron chi connectivity index (χ1n) is 3.40. The van der Waals surface area contributed by atoms with Crippen LogP contribution in [-0.2, 0) is 9.53 Å². The van der Waals surface area contributed by atoms with Crippen LogP contribution in [-0.4, -0.2) is 21.4 Å². The van der Waals surface area contributed by atoms with Crippen LogP contribution in [0.3, 0.4) is 0 Å². The summed E-state index contributed by atoms with van der Waals surface area (Å²) < 4.78 is 4.40. The molecule has 0 spiro atoms. The van der Waals surface area contributed by atoms with Crippen LogP contribution in [0.15, 0.2) is 0 Å². The van der Waals surface area contributed by atoms with Crippen LogP contribution in [0.25, 0.3) is 0 Å². The molecule has 0 rings (SSSR count). The van der Waals surface area contributed by atoms with Crippen molar-refractivity contribution in [2.45, 2.75) is 33.5 Å². The second-order valence-corrected chi connectivity index (χ2v) is 5.42. The maximum absolute atomic E-state index is 9.82. The van der Waals surface area contributed by atoms with E-state index >= 15 is 0 Å². The molecule has 0 aromatic rings. The summed E-state index contributed by atoms with van der Waals surface area (Å²) in [5.74, 6) is -0.211. The van der Waals surface area contributed by atoms with Gasteiger partial charge in [0.2, 0.25) is 0 Å². The van der Waals surface area contributed by atoms with Gasteiger partial charge < -0.3 is 4.74 Å². The predicted octanol–water partition coefficient (Wildman–Crippen LogP) is 1.94. The molecule has 0 atom stereocenters. The lowest BCUT2D eigenvalue weighted by Crippen LogP contribution is -1.95. The molecule has 0 aliphatic heterocycles. The Morgan fingerprint density at radius 1 is 1.40 bits per heavy atom.